The van der Waals surface area contributed by atoms with Crippen molar-refractivity contribution in [3.63, 3.8) is 0 Å². The Morgan fingerprint density at radius 3 is 2.76 bits per heavy atom. The first-order valence-electron chi connectivity index (χ1n) is 6.92. The van der Waals surface area contributed by atoms with Crippen molar-refractivity contribution in [1.29, 1.82) is 0 Å². The molecule has 0 atom stereocenters. The number of benzene rings is 1. The number of nitrogens with one attached hydrogen (secondary N) is 1. The number of aromatic nitrogens is 2. The maximum absolute atomic E-state index is 4.62. The number of fused-ring (bicyclic) bond motifs is 1. The van der Waals surface area contributed by atoms with Gasteiger partial charge in [0.25, 0.3) is 0 Å². The molecule has 0 amide bonds. The fourth-order valence-corrected chi connectivity index (χ4v) is 3.84. The zero-order valence-electron chi connectivity index (χ0n) is 12.0. The molecule has 5 heteroatoms. The van der Waals surface area contributed by atoms with Crippen LogP contribution in [0.1, 0.15) is 19.4 Å². The van der Waals surface area contributed by atoms with E-state index in [0.717, 1.165) is 21.4 Å². The molecule has 3 nitrogen and oxygen atoms in total. The molecule has 0 fully saturated rings. The van der Waals surface area contributed by atoms with Crippen LogP contribution < -0.4 is 5.32 Å². The molecule has 0 saturated carbocycles. The highest BCUT2D eigenvalue weighted by Crippen LogP contribution is 2.33. The lowest BCUT2D eigenvalue weighted by atomic mass is 10.2. The summed E-state index contributed by atoms with van der Waals surface area (Å²) in [6.45, 7) is 5.15. The van der Waals surface area contributed by atoms with Crippen LogP contribution in [0.15, 0.2) is 52.0 Å². The summed E-state index contributed by atoms with van der Waals surface area (Å²) >= 11 is 3.33. The minimum atomic E-state index is 0.488. The molecule has 0 radical (unpaired) electrons. The van der Waals surface area contributed by atoms with Gasteiger partial charge in [-0.15, -0.1) is 11.3 Å². The number of hydrogen-bond acceptors (Lipinski definition) is 5. The molecule has 0 aliphatic heterocycles. The van der Waals surface area contributed by atoms with E-state index in [4.69, 9.17) is 0 Å². The standard InChI is InChI=1S/C16H17N3S2/c1-11(2)17-9-12-7-8-15(18-10-12)21-16-19-13-5-3-4-6-14(13)20-16/h3-8,10-11,17H,9H2,1-2H3. The zero-order chi connectivity index (χ0) is 14.7. The van der Waals surface area contributed by atoms with E-state index in [1.165, 1.54) is 10.3 Å². The topological polar surface area (TPSA) is 37.8 Å². The lowest BCUT2D eigenvalue weighted by Gasteiger charge is -2.07. The quantitative estimate of drug-likeness (QED) is 0.760. The smallest absolute Gasteiger partial charge is 0.157 e. The van der Waals surface area contributed by atoms with Crippen molar-refractivity contribution in [3.05, 3.63) is 48.2 Å². The van der Waals surface area contributed by atoms with Gasteiger partial charge in [0.2, 0.25) is 0 Å². The Morgan fingerprint density at radius 1 is 1.19 bits per heavy atom. The Bertz CT molecular complexity index is 687. The maximum atomic E-state index is 4.62. The predicted octanol–water partition coefficient (Wildman–Crippen LogP) is 4.34. The summed E-state index contributed by atoms with van der Waals surface area (Å²) in [6.07, 6.45) is 1.94. The highest BCUT2D eigenvalue weighted by molar-refractivity contribution is 8.01. The highest BCUT2D eigenvalue weighted by atomic mass is 32.2. The Balaban J connectivity index is 1.69. The number of nitrogens with zero attached hydrogens (tertiary/aromatic N) is 2. The Labute approximate surface area is 132 Å². The Morgan fingerprint density at radius 2 is 2.05 bits per heavy atom. The van der Waals surface area contributed by atoms with E-state index in [0.29, 0.717) is 6.04 Å². The zero-order valence-corrected chi connectivity index (χ0v) is 13.7. The fraction of sp³-hybridized carbons (Fsp3) is 0.250. The van der Waals surface area contributed by atoms with Crippen molar-refractivity contribution in [2.45, 2.75) is 35.8 Å². The van der Waals surface area contributed by atoms with Gasteiger partial charge in [0.1, 0.15) is 5.03 Å². The van der Waals surface area contributed by atoms with Crippen LogP contribution in [0.25, 0.3) is 10.2 Å². The predicted molar refractivity (Wildman–Crippen MR) is 90.0 cm³/mol. The fourth-order valence-electron chi connectivity index (χ4n) is 1.88. The summed E-state index contributed by atoms with van der Waals surface area (Å²) in [5.74, 6) is 0. The Kier molecular flexibility index (Phi) is 4.53. The van der Waals surface area contributed by atoms with E-state index in [9.17, 15) is 0 Å². The van der Waals surface area contributed by atoms with E-state index >= 15 is 0 Å². The monoisotopic (exact) mass is 315 g/mol. The van der Waals surface area contributed by atoms with Crippen LogP contribution in [0, 0.1) is 0 Å². The summed E-state index contributed by atoms with van der Waals surface area (Å²) in [5.41, 5.74) is 2.26. The summed E-state index contributed by atoms with van der Waals surface area (Å²) in [4.78, 5) is 9.13. The third-order valence-electron chi connectivity index (χ3n) is 2.98. The van der Waals surface area contributed by atoms with E-state index < -0.39 is 0 Å². The van der Waals surface area contributed by atoms with Gasteiger partial charge in [0.05, 0.1) is 10.2 Å². The summed E-state index contributed by atoms with van der Waals surface area (Å²) < 4.78 is 2.26. The molecule has 108 valence electrons. The molecular formula is C16H17N3S2. The number of hydrogen-bond donors (Lipinski definition) is 1. The van der Waals surface area contributed by atoms with Gasteiger partial charge in [-0.05, 0) is 35.5 Å². The van der Waals surface area contributed by atoms with Gasteiger partial charge in [0, 0.05) is 18.8 Å². The van der Waals surface area contributed by atoms with Crippen LogP contribution in [0.3, 0.4) is 0 Å². The van der Waals surface area contributed by atoms with Crippen molar-refractivity contribution in [2.75, 3.05) is 0 Å². The molecule has 0 unspecified atom stereocenters. The minimum absolute atomic E-state index is 0.488. The van der Waals surface area contributed by atoms with Gasteiger partial charge in [-0.2, -0.15) is 0 Å². The lowest BCUT2D eigenvalue weighted by Crippen LogP contribution is -2.21. The average Bonchev–Trinajstić information content (AvgIpc) is 2.88. The second kappa shape index (κ2) is 6.56. The molecule has 1 N–H and O–H groups in total. The normalized spacial score (nSPS) is 11.4. The van der Waals surface area contributed by atoms with E-state index in [-0.39, 0.29) is 0 Å². The van der Waals surface area contributed by atoms with Gasteiger partial charge >= 0.3 is 0 Å². The summed E-state index contributed by atoms with van der Waals surface area (Å²) in [5, 5.41) is 4.38. The van der Waals surface area contributed by atoms with Crippen LogP contribution >= 0.6 is 23.1 Å². The molecule has 3 rings (SSSR count). The number of rotatable bonds is 5. The van der Waals surface area contributed by atoms with Crippen LogP contribution in [-0.4, -0.2) is 16.0 Å². The van der Waals surface area contributed by atoms with Crippen molar-refractivity contribution in [2.24, 2.45) is 0 Å². The number of pyridine rings is 1. The molecular weight excluding hydrogens is 298 g/mol. The van der Waals surface area contributed by atoms with Gasteiger partial charge in [-0.3, -0.25) is 0 Å². The third kappa shape index (κ3) is 3.81. The van der Waals surface area contributed by atoms with E-state index in [2.05, 4.69) is 47.3 Å². The van der Waals surface area contributed by atoms with Gasteiger partial charge in [0.15, 0.2) is 4.34 Å². The van der Waals surface area contributed by atoms with Crippen molar-refractivity contribution in [1.82, 2.24) is 15.3 Å². The molecule has 0 saturated heterocycles. The number of para-hydroxylation sites is 1. The first kappa shape index (κ1) is 14.5. The molecule has 3 aromatic rings. The van der Waals surface area contributed by atoms with Crippen LogP contribution in [-0.2, 0) is 6.54 Å². The van der Waals surface area contributed by atoms with Gasteiger partial charge < -0.3 is 5.32 Å². The lowest BCUT2D eigenvalue weighted by molar-refractivity contribution is 0.587. The van der Waals surface area contributed by atoms with Crippen molar-refractivity contribution >= 4 is 33.3 Å². The van der Waals surface area contributed by atoms with E-state index in [1.54, 1.807) is 23.1 Å². The molecule has 1 aromatic carbocycles. The second-order valence-corrected chi connectivity index (χ2v) is 7.39. The van der Waals surface area contributed by atoms with Crippen molar-refractivity contribution < 1.29 is 0 Å². The van der Waals surface area contributed by atoms with Crippen LogP contribution in [0.2, 0.25) is 0 Å². The molecule has 0 spiro atoms. The maximum Gasteiger partial charge on any atom is 0.157 e. The number of thiazole rings is 1. The summed E-state index contributed by atoms with van der Waals surface area (Å²) in [7, 11) is 0. The largest absolute Gasteiger partial charge is 0.310 e. The third-order valence-corrected chi connectivity index (χ3v) is 5.03. The SMILES string of the molecule is CC(C)NCc1ccc(Sc2nc3ccccc3s2)nc1. The van der Waals surface area contributed by atoms with Gasteiger partial charge in [-0.25, -0.2) is 9.97 Å². The molecule has 2 heterocycles. The van der Waals surface area contributed by atoms with Gasteiger partial charge in [-0.1, -0.05) is 32.0 Å². The van der Waals surface area contributed by atoms with Crippen molar-refractivity contribution in [3.8, 4) is 0 Å². The van der Waals surface area contributed by atoms with Crippen LogP contribution in [0.5, 0.6) is 0 Å². The molecule has 0 aliphatic carbocycles. The second-order valence-electron chi connectivity index (χ2n) is 5.09. The van der Waals surface area contributed by atoms with E-state index in [1.807, 2.05) is 24.4 Å². The highest BCUT2D eigenvalue weighted by Gasteiger charge is 2.06. The van der Waals surface area contributed by atoms with Crippen LogP contribution in [0.4, 0.5) is 0 Å². The Hall–Kier alpha value is -1.43. The molecule has 2 aromatic heterocycles. The first-order chi connectivity index (χ1) is 10.2. The summed E-state index contributed by atoms with van der Waals surface area (Å²) in [6, 6.07) is 12.9. The molecule has 0 aliphatic rings. The molecule has 0 bridgehead atoms. The first-order valence-corrected chi connectivity index (χ1v) is 8.56. The molecule has 21 heavy (non-hydrogen) atoms. The minimum Gasteiger partial charge on any atom is -0.310 e. The average molecular weight is 315 g/mol.